The van der Waals surface area contributed by atoms with Gasteiger partial charge in [-0.05, 0) is 48.2 Å². The van der Waals surface area contributed by atoms with Crippen LogP contribution in [-0.4, -0.2) is 50.0 Å². The second kappa shape index (κ2) is 12.8. The molecule has 3 N–H and O–H groups in total. The summed E-state index contributed by atoms with van der Waals surface area (Å²) < 4.78 is 27.2. The summed E-state index contributed by atoms with van der Waals surface area (Å²) in [5.74, 6) is -2.53. The molecule has 3 aromatic heterocycles. The van der Waals surface area contributed by atoms with Crippen molar-refractivity contribution in [2.45, 2.75) is 58.4 Å². The average Bonchev–Trinajstić information content (AvgIpc) is 3.67. The van der Waals surface area contributed by atoms with E-state index in [0.717, 1.165) is 40.4 Å². The lowest BCUT2D eigenvalue weighted by Crippen LogP contribution is -2.24. The summed E-state index contributed by atoms with van der Waals surface area (Å²) in [6, 6.07) is 9.65. The van der Waals surface area contributed by atoms with E-state index in [4.69, 9.17) is 0 Å². The SMILES string of the molecule is C=C(Nc1cnccc1NC(=O)C1CC1)c1n[nH]c2ccc(-c3cncc(CN4CCC(F)(F)C4)c3)cc12.CCCC. The van der Waals surface area contributed by atoms with Crippen molar-refractivity contribution in [3.63, 3.8) is 0 Å². The van der Waals surface area contributed by atoms with Crippen molar-refractivity contribution < 1.29 is 13.6 Å². The van der Waals surface area contributed by atoms with Crippen LogP contribution in [0.4, 0.5) is 20.2 Å². The van der Waals surface area contributed by atoms with E-state index in [1.165, 1.54) is 12.8 Å². The average molecular weight is 574 g/mol. The van der Waals surface area contributed by atoms with E-state index < -0.39 is 5.92 Å². The van der Waals surface area contributed by atoms with E-state index in [1.807, 2.05) is 24.3 Å². The molecule has 4 heterocycles. The van der Waals surface area contributed by atoms with Gasteiger partial charge in [-0.3, -0.25) is 24.8 Å². The first-order valence-electron chi connectivity index (χ1n) is 14.5. The molecule has 4 aromatic rings. The maximum absolute atomic E-state index is 13.6. The predicted octanol–water partition coefficient (Wildman–Crippen LogP) is 7.10. The lowest BCUT2D eigenvalue weighted by atomic mass is 10.0. The van der Waals surface area contributed by atoms with Crippen molar-refractivity contribution in [1.29, 1.82) is 0 Å². The number of halogens is 2. The molecule has 0 unspecified atom stereocenters. The van der Waals surface area contributed by atoms with Gasteiger partial charge in [0.2, 0.25) is 5.91 Å². The molecule has 0 spiro atoms. The minimum Gasteiger partial charge on any atom is -0.351 e. The van der Waals surface area contributed by atoms with Gasteiger partial charge < -0.3 is 10.6 Å². The number of hydrogen-bond donors (Lipinski definition) is 3. The zero-order chi connectivity index (χ0) is 29.7. The van der Waals surface area contributed by atoms with Gasteiger partial charge in [0.15, 0.2) is 0 Å². The molecule has 0 radical (unpaired) electrons. The van der Waals surface area contributed by atoms with E-state index in [2.05, 4.69) is 51.2 Å². The van der Waals surface area contributed by atoms with Gasteiger partial charge in [-0.1, -0.05) is 39.3 Å². The maximum atomic E-state index is 13.6. The highest BCUT2D eigenvalue weighted by atomic mass is 19.3. The predicted molar refractivity (Wildman–Crippen MR) is 163 cm³/mol. The summed E-state index contributed by atoms with van der Waals surface area (Å²) in [6.45, 7) is 9.13. The zero-order valence-corrected chi connectivity index (χ0v) is 24.1. The number of amides is 1. The molecule has 1 saturated heterocycles. The fraction of sp³-hybridized carbons (Fsp3) is 0.375. The van der Waals surface area contributed by atoms with Crippen molar-refractivity contribution in [3.05, 3.63) is 73.0 Å². The van der Waals surface area contributed by atoms with Gasteiger partial charge in [0.25, 0.3) is 5.92 Å². The largest absolute Gasteiger partial charge is 0.351 e. The third-order valence-corrected chi connectivity index (χ3v) is 7.44. The minimum absolute atomic E-state index is 0.00834. The molecule has 8 nitrogen and oxygen atoms in total. The van der Waals surface area contributed by atoms with Crippen LogP contribution in [-0.2, 0) is 11.3 Å². The van der Waals surface area contributed by atoms with Crippen molar-refractivity contribution in [3.8, 4) is 11.1 Å². The Labute approximate surface area is 244 Å². The van der Waals surface area contributed by atoms with Crippen LogP contribution in [0.5, 0.6) is 0 Å². The highest BCUT2D eigenvalue weighted by Crippen LogP contribution is 2.33. The number of nitrogens with zero attached hydrogens (tertiary/aromatic N) is 4. The van der Waals surface area contributed by atoms with Crippen LogP contribution in [0.25, 0.3) is 27.7 Å². The van der Waals surface area contributed by atoms with E-state index in [1.54, 1.807) is 35.8 Å². The first-order valence-corrected chi connectivity index (χ1v) is 14.5. The van der Waals surface area contributed by atoms with Crippen LogP contribution in [0.3, 0.4) is 0 Å². The van der Waals surface area contributed by atoms with E-state index in [9.17, 15) is 13.6 Å². The molecule has 1 amide bonds. The number of aromatic amines is 1. The number of benzene rings is 1. The van der Waals surface area contributed by atoms with Crippen LogP contribution >= 0.6 is 0 Å². The van der Waals surface area contributed by atoms with Gasteiger partial charge in [0.05, 0.1) is 35.3 Å². The van der Waals surface area contributed by atoms with E-state index in [0.29, 0.717) is 35.9 Å². The number of nitrogens with one attached hydrogen (secondary N) is 3. The number of fused-ring (bicyclic) bond motifs is 1. The number of carbonyl (C=O) groups is 1. The molecule has 1 aliphatic heterocycles. The Morgan fingerprint density at radius 1 is 1.05 bits per heavy atom. The highest BCUT2D eigenvalue weighted by Gasteiger charge is 2.38. The Hall–Kier alpha value is -4.18. The van der Waals surface area contributed by atoms with Crippen LogP contribution in [0.2, 0.25) is 0 Å². The molecule has 6 rings (SSSR count). The number of carbonyl (C=O) groups excluding carboxylic acids is 1. The van der Waals surface area contributed by atoms with Crippen molar-refractivity contribution in [2.24, 2.45) is 5.92 Å². The van der Waals surface area contributed by atoms with Crippen LogP contribution in [0, 0.1) is 5.92 Å². The second-order valence-electron chi connectivity index (χ2n) is 11.0. The maximum Gasteiger partial charge on any atom is 0.261 e. The monoisotopic (exact) mass is 573 g/mol. The lowest BCUT2D eigenvalue weighted by Gasteiger charge is -2.16. The molecule has 0 atom stereocenters. The summed E-state index contributed by atoms with van der Waals surface area (Å²) in [6.07, 6.45) is 11.1. The second-order valence-corrected chi connectivity index (χ2v) is 11.0. The number of hydrogen-bond acceptors (Lipinski definition) is 6. The number of pyridine rings is 2. The highest BCUT2D eigenvalue weighted by molar-refractivity contribution is 5.99. The van der Waals surface area contributed by atoms with Gasteiger partial charge in [0.1, 0.15) is 5.69 Å². The minimum atomic E-state index is -2.62. The number of alkyl halides is 2. The van der Waals surface area contributed by atoms with Crippen molar-refractivity contribution >= 4 is 33.9 Å². The van der Waals surface area contributed by atoms with E-state index >= 15 is 0 Å². The molecular formula is C32H37F2N7O. The first-order chi connectivity index (χ1) is 20.3. The Bertz CT molecular complexity index is 1560. The molecule has 2 aliphatic rings. The Kier molecular flexibility index (Phi) is 8.91. The normalized spacial score (nSPS) is 16.1. The Morgan fingerprint density at radius 2 is 1.86 bits per heavy atom. The van der Waals surface area contributed by atoms with Gasteiger partial charge in [0, 0.05) is 55.0 Å². The standard InChI is InChI=1S/C28H27F2N7O.C4H10/c1-17(33-25-14-31-8-6-24(25)34-27(38)19-2-3-19)26-22-11-20(4-5-23(22)35-36-26)21-10-18(12-32-13-21)15-37-9-7-28(29,30)16-37;1-3-4-2/h4-6,8,10-14,19,33H,1-3,7,9,15-16H2,(H,35,36)(H,31,34,38);3-4H2,1-2H3. The quantitative estimate of drug-likeness (QED) is 0.198. The molecule has 42 heavy (non-hydrogen) atoms. The number of unbranched alkanes of at least 4 members (excludes halogenated alkanes) is 1. The summed E-state index contributed by atoms with van der Waals surface area (Å²) in [5.41, 5.74) is 5.98. The van der Waals surface area contributed by atoms with E-state index in [-0.39, 0.29) is 24.8 Å². The fourth-order valence-electron chi connectivity index (χ4n) is 4.76. The molecular weight excluding hydrogens is 536 g/mol. The van der Waals surface area contributed by atoms with Crippen LogP contribution in [0.15, 0.2) is 61.7 Å². The summed E-state index contributed by atoms with van der Waals surface area (Å²) >= 11 is 0. The topological polar surface area (TPSA) is 98.8 Å². The number of aromatic nitrogens is 4. The van der Waals surface area contributed by atoms with Crippen molar-refractivity contribution in [2.75, 3.05) is 23.7 Å². The zero-order valence-electron chi connectivity index (χ0n) is 24.1. The lowest BCUT2D eigenvalue weighted by molar-refractivity contribution is -0.117. The first kappa shape index (κ1) is 29.3. The number of anilines is 2. The molecule has 1 aliphatic carbocycles. The molecule has 10 heteroatoms. The van der Waals surface area contributed by atoms with Gasteiger partial charge in [-0.25, -0.2) is 8.78 Å². The molecule has 1 saturated carbocycles. The number of likely N-dealkylation sites (tertiary alicyclic amines) is 1. The Balaban J connectivity index is 0.000000830. The van der Waals surface area contributed by atoms with Crippen LogP contribution in [0.1, 0.15) is 57.2 Å². The third kappa shape index (κ3) is 7.17. The third-order valence-electron chi connectivity index (χ3n) is 7.44. The summed E-state index contributed by atoms with van der Waals surface area (Å²) in [7, 11) is 0. The summed E-state index contributed by atoms with van der Waals surface area (Å²) in [4.78, 5) is 22.6. The smallest absolute Gasteiger partial charge is 0.261 e. The number of rotatable bonds is 9. The van der Waals surface area contributed by atoms with Crippen molar-refractivity contribution in [1.82, 2.24) is 25.1 Å². The molecule has 0 bridgehead atoms. The number of H-pyrrole nitrogens is 1. The van der Waals surface area contributed by atoms with Crippen LogP contribution < -0.4 is 10.6 Å². The molecule has 1 aromatic carbocycles. The van der Waals surface area contributed by atoms with Gasteiger partial charge in [-0.15, -0.1) is 0 Å². The Morgan fingerprint density at radius 3 is 2.57 bits per heavy atom. The molecule has 220 valence electrons. The van der Waals surface area contributed by atoms with Gasteiger partial charge in [-0.2, -0.15) is 5.10 Å². The summed E-state index contributed by atoms with van der Waals surface area (Å²) in [5, 5.41) is 14.6. The fourth-order valence-corrected chi connectivity index (χ4v) is 4.76. The molecule has 2 fully saturated rings. The van der Waals surface area contributed by atoms with Gasteiger partial charge >= 0.3 is 0 Å².